The van der Waals surface area contributed by atoms with Gasteiger partial charge < -0.3 is 5.73 Å². The fraction of sp³-hybridized carbons (Fsp3) is 0.308. The minimum Gasteiger partial charge on any atom is -0.384 e. The predicted molar refractivity (Wildman–Crippen MR) is 67.2 cm³/mol. The van der Waals surface area contributed by atoms with Gasteiger partial charge in [0.15, 0.2) is 0 Å². The highest BCUT2D eigenvalue weighted by Crippen LogP contribution is 2.27. The molecule has 0 bridgehead atoms. The van der Waals surface area contributed by atoms with Gasteiger partial charge in [-0.3, -0.25) is 4.68 Å². The van der Waals surface area contributed by atoms with Crippen molar-refractivity contribution in [1.29, 1.82) is 0 Å². The molecular weight excluding hydrogens is 198 g/mol. The van der Waals surface area contributed by atoms with E-state index in [1.165, 1.54) is 5.56 Å². The van der Waals surface area contributed by atoms with Crippen LogP contribution in [-0.2, 0) is 13.5 Å². The van der Waals surface area contributed by atoms with Gasteiger partial charge in [0, 0.05) is 18.2 Å². The van der Waals surface area contributed by atoms with Crippen LogP contribution in [0.5, 0.6) is 0 Å². The summed E-state index contributed by atoms with van der Waals surface area (Å²) < 4.78 is 1.74. The van der Waals surface area contributed by atoms with Crippen molar-refractivity contribution in [1.82, 2.24) is 9.78 Å². The van der Waals surface area contributed by atoms with E-state index in [0.717, 1.165) is 29.1 Å². The van der Waals surface area contributed by atoms with Crippen LogP contribution in [0, 0.1) is 6.92 Å². The highest BCUT2D eigenvalue weighted by Gasteiger charge is 2.13. The van der Waals surface area contributed by atoms with Crippen LogP contribution >= 0.6 is 0 Å². The molecule has 3 heteroatoms. The smallest absolute Gasteiger partial charge is 0.125 e. The molecule has 3 nitrogen and oxygen atoms in total. The monoisotopic (exact) mass is 215 g/mol. The second-order valence-corrected chi connectivity index (χ2v) is 4.06. The summed E-state index contributed by atoms with van der Waals surface area (Å²) in [5.74, 6) is 0.762. The number of aromatic nitrogens is 2. The SMILES string of the molecule is CCc1c(-c2ccc(C)cc2)nn(C)c1N. The summed E-state index contributed by atoms with van der Waals surface area (Å²) in [6, 6.07) is 8.38. The van der Waals surface area contributed by atoms with E-state index in [1.54, 1.807) is 4.68 Å². The molecule has 1 heterocycles. The molecule has 84 valence electrons. The lowest BCUT2D eigenvalue weighted by molar-refractivity contribution is 0.781. The van der Waals surface area contributed by atoms with Crippen molar-refractivity contribution in [3.05, 3.63) is 35.4 Å². The van der Waals surface area contributed by atoms with Crippen LogP contribution < -0.4 is 5.73 Å². The standard InChI is InChI=1S/C13H17N3/c1-4-11-12(15-16(3)13(11)14)10-7-5-9(2)6-8-10/h5-8H,4,14H2,1-3H3. The summed E-state index contributed by atoms with van der Waals surface area (Å²) in [6.07, 6.45) is 0.906. The fourth-order valence-electron chi connectivity index (χ4n) is 1.87. The molecule has 0 saturated heterocycles. The zero-order valence-corrected chi connectivity index (χ0v) is 9.99. The number of rotatable bonds is 2. The average molecular weight is 215 g/mol. The molecular formula is C13H17N3. The van der Waals surface area contributed by atoms with E-state index in [0.29, 0.717) is 0 Å². The number of benzene rings is 1. The lowest BCUT2D eigenvalue weighted by atomic mass is 10.0. The Hall–Kier alpha value is -1.77. The number of aryl methyl sites for hydroxylation is 2. The molecule has 0 spiro atoms. The molecule has 1 aromatic carbocycles. The third-order valence-electron chi connectivity index (χ3n) is 2.87. The molecule has 0 amide bonds. The van der Waals surface area contributed by atoms with E-state index in [2.05, 4.69) is 43.2 Å². The van der Waals surface area contributed by atoms with E-state index in [-0.39, 0.29) is 0 Å². The first kappa shape index (κ1) is 10.7. The van der Waals surface area contributed by atoms with E-state index < -0.39 is 0 Å². The third-order valence-corrected chi connectivity index (χ3v) is 2.87. The van der Waals surface area contributed by atoms with Gasteiger partial charge in [-0.25, -0.2) is 0 Å². The molecule has 0 radical (unpaired) electrons. The van der Waals surface area contributed by atoms with E-state index in [4.69, 9.17) is 5.73 Å². The number of anilines is 1. The highest BCUT2D eigenvalue weighted by molar-refractivity contribution is 5.68. The largest absolute Gasteiger partial charge is 0.384 e. The molecule has 0 aliphatic heterocycles. The number of nitrogens with two attached hydrogens (primary N) is 1. The van der Waals surface area contributed by atoms with E-state index >= 15 is 0 Å². The second kappa shape index (κ2) is 4.00. The van der Waals surface area contributed by atoms with Crippen LogP contribution in [-0.4, -0.2) is 9.78 Å². The average Bonchev–Trinajstić information content (AvgIpc) is 2.56. The first-order chi connectivity index (χ1) is 7.63. The summed E-state index contributed by atoms with van der Waals surface area (Å²) >= 11 is 0. The van der Waals surface area contributed by atoms with Gasteiger partial charge in [-0.05, 0) is 13.3 Å². The molecule has 0 saturated carbocycles. The highest BCUT2D eigenvalue weighted by atomic mass is 15.3. The summed E-state index contributed by atoms with van der Waals surface area (Å²) in [5.41, 5.74) is 10.5. The van der Waals surface area contributed by atoms with Crippen LogP contribution in [0.4, 0.5) is 5.82 Å². The maximum Gasteiger partial charge on any atom is 0.125 e. The van der Waals surface area contributed by atoms with E-state index in [1.807, 2.05) is 7.05 Å². The van der Waals surface area contributed by atoms with Crippen LogP contribution in [0.2, 0.25) is 0 Å². The third kappa shape index (κ3) is 1.69. The molecule has 16 heavy (non-hydrogen) atoms. The van der Waals surface area contributed by atoms with Gasteiger partial charge >= 0.3 is 0 Å². The van der Waals surface area contributed by atoms with Crippen LogP contribution in [0.25, 0.3) is 11.3 Å². The Morgan fingerprint density at radius 2 is 1.88 bits per heavy atom. The van der Waals surface area contributed by atoms with Gasteiger partial charge in [-0.1, -0.05) is 36.8 Å². The topological polar surface area (TPSA) is 43.8 Å². The number of hydrogen-bond donors (Lipinski definition) is 1. The van der Waals surface area contributed by atoms with Gasteiger partial charge in [0.05, 0.1) is 5.69 Å². The summed E-state index contributed by atoms with van der Waals surface area (Å²) in [4.78, 5) is 0. The van der Waals surface area contributed by atoms with Crippen molar-refractivity contribution in [3.63, 3.8) is 0 Å². The van der Waals surface area contributed by atoms with Crippen molar-refractivity contribution in [2.75, 3.05) is 5.73 Å². The maximum absolute atomic E-state index is 5.98. The molecule has 1 aromatic heterocycles. The predicted octanol–water partition coefficient (Wildman–Crippen LogP) is 2.54. The van der Waals surface area contributed by atoms with Crippen LogP contribution in [0.1, 0.15) is 18.1 Å². The molecule has 0 unspecified atom stereocenters. The number of hydrogen-bond acceptors (Lipinski definition) is 2. The summed E-state index contributed by atoms with van der Waals surface area (Å²) in [6.45, 7) is 4.18. The second-order valence-electron chi connectivity index (χ2n) is 4.06. The molecule has 2 N–H and O–H groups in total. The lowest BCUT2D eigenvalue weighted by Crippen LogP contribution is -1.98. The lowest BCUT2D eigenvalue weighted by Gasteiger charge is -2.01. The Labute approximate surface area is 95.9 Å². The van der Waals surface area contributed by atoms with Gasteiger partial charge in [-0.15, -0.1) is 0 Å². The number of nitrogens with zero attached hydrogens (tertiary/aromatic N) is 2. The molecule has 0 atom stereocenters. The Morgan fingerprint density at radius 3 is 2.44 bits per heavy atom. The fourth-order valence-corrected chi connectivity index (χ4v) is 1.87. The van der Waals surface area contributed by atoms with Crippen molar-refractivity contribution < 1.29 is 0 Å². The van der Waals surface area contributed by atoms with Crippen LogP contribution in [0.3, 0.4) is 0 Å². The van der Waals surface area contributed by atoms with Crippen LogP contribution in [0.15, 0.2) is 24.3 Å². The normalized spacial score (nSPS) is 10.7. The first-order valence-corrected chi connectivity index (χ1v) is 5.52. The molecule has 2 rings (SSSR count). The quantitative estimate of drug-likeness (QED) is 0.836. The Bertz CT molecular complexity index is 495. The Kier molecular flexibility index (Phi) is 2.69. The molecule has 0 aliphatic carbocycles. The van der Waals surface area contributed by atoms with Crippen molar-refractivity contribution in [2.24, 2.45) is 7.05 Å². The maximum atomic E-state index is 5.98. The van der Waals surface area contributed by atoms with Crippen molar-refractivity contribution in [3.8, 4) is 11.3 Å². The van der Waals surface area contributed by atoms with Crippen molar-refractivity contribution in [2.45, 2.75) is 20.3 Å². The minimum absolute atomic E-state index is 0.762. The van der Waals surface area contributed by atoms with Gasteiger partial charge in [0.1, 0.15) is 5.82 Å². The zero-order valence-electron chi connectivity index (χ0n) is 9.99. The summed E-state index contributed by atoms with van der Waals surface area (Å²) in [7, 11) is 1.88. The molecule has 0 aliphatic rings. The molecule has 2 aromatic rings. The van der Waals surface area contributed by atoms with Gasteiger partial charge in [-0.2, -0.15) is 5.10 Å². The Morgan fingerprint density at radius 1 is 1.25 bits per heavy atom. The van der Waals surface area contributed by atoms with Gasteiger partial charge in [0.25, 0.3) is 0 Å². The summed E-state index contributed by atoms with van der Waals surface area (Å²) in [5, 5.41) is 4.47. The minimum atomic E-state index is 0.762. The first-order valence-electron chi connectivity index (χ1n) is 5.52. The number of nitrogen functional groups attached to an aromatic ring is 1. The Balaban J connectivity index is 2.55. The van der Waals surface area contributed by atoms with Gasteiger partial charge in [0.2, 0.25) is 0 Å². The molecule has 0 fully saturated rings. The van der Waals surface area contributed by atoms with E-state index in [9.17, 15) is 0 Å². The van der Waals surface area contributed by atoms with Crippen molar-refractivity contribution >= 4 is 5.82 Å². The zero-order chi connectivity index (χ0) is 11.7.